The van der Waals surface area contributed by atoms with Gasteiger partial charge in [0.15, 0.2) is 17.3 Å². The normalized spacial score (nSPS) is 23.4. The molecule has 0 radical (unpaired) electrons. The van der Waals surface area contributed by atoms with Crippen molar-refractivity contribution in [1.82, 2.24) is 0 Å². The van der Waals surface area contributed by atoms with Gasteiger partial charge in [-0.05, 0) is 6.92 Å². The van der Waals surface area contributed by atoms with E-state index in [9.17, 15) is 34.8 Å². The van der Waals surface area contributed by atoms with Crippen molar-refractivity contribution in [3.05, 3.63) is 57.6 Å². The van der Waals surface area contributed by atoms with Crippen molar-refractivity contribution in [2.45, 2.75) is 31.5 Å². The molecular formula is C20H16O7. The predicted molar refractivity (Wildman–Crippen MR) is 92.0 cm³/mol. The number of carbonyl (C=O) groups excluding carboxylic acids is 3. The van der Waals surface area contributed by atoms with Crippen LogP contribution in [0.25, 0.3) is 0 Å². The topological polar surface area (TPSA) is 132 Å². The molecule has 0 amide bonds. The second-order valence-corrected chi connectivity index (χ2v) is 7.03. The molecule has 2 aliphatic rings. The molecule has 0 saturated heterocycles. The minimum Gasteiger partial charge on any atom is -0.507 e. The molecule has 2 aliphatic carbocycles. The smallest absolute Gasteiger partial charge is 0.198 e. The van der Waals surface area contributed by atoms with Gasteiger partial charge in [-0.15, -0.1) is 0 Å². The summed E-state index contributed by atoms with van der Waals surface area (Å²) in [6.45, 7) is 1.15. The molecule has 7 heteroatoms. The number of hydrogen-bond donors (Lipinski definition) is 4. The number of phenolic OH excluding ortho intramolecular Hbond substituents is 2. The molecule has 0 aromatic heterocycles. The SMILES string of the molecule is CC(=O)[C@@]1(O)Cc2c(O)c3c(c(O)c2[C@@H](O)C1)C(=O)c1ccccc1C3=O. The highest BCUT2D eigenvalue weighted by Gasteiger charge is 2.46. The molecule has 0 saturated carbocycles. The summed E-state index contributed by atoms with van der Waals surface area (Å²) in [4.78, 5) is 37.5. The fourth-order valence-corrected chi connectivity index (χ4v) is 3.98. The molecule has 2 aromatic rings. The maximum Gasteiger partial charge on any atom is 0.198 e. The van der Waals surface area contributed by atoms with Crippen LogP contribution in [-0.2, 0) is 11.2 Å². The Labute approximate surface area is 153 Å². The molecule has 0 heterocycles. The summed E-state index contributed by atoms with van der Waals surface area (Å²) >= 11 is 0. The first-order valence-corrected chi connectivity index (χ1v) is 8.38. The van der Waals surface area contributed by atoms with Gasteiger partial charge in [0, 0.05) is 35.1 Å². The van der Waals surface area contributed by atoms with Gasteiger partial charge < -0.3 is 20.4 Å². The van der Waals surface area contributed by atoms with Crippen molar-refractivity contribution in [3.8, 4) is 11.5 Å². The van der Waals surface area contributed by atoms with Crippen LogP contribution in [0.5, 0.6) is 11.5 Å². The van der Waals surface area contributed by atoms with E-state index in [2.05, 4.69) is 0 Å². The molecular weight excluding hydrogens is 352 g/mol. The first-order chi connectivity index (χ1) is 12.7. The highest BCUT2D eigenvalue weighted by atomic mass is 16.3. The Kier molecular flexibility index (Phi) is 3.53. The molecule has 0 bridgehead atoms. The fraction of sp³-hybridized carbons (Fsp3) is 0.250. The monoisotopic (exact) mass is 368 g/mol. The minimum absolute atomic E-state index is 0.0860. The van der Waals surface area contributed by atoms with Gasteiger partial charge in [0.25, 0.3) is 0 Å². The van der Waals surface area contributed by atoms with Gasteiger partial charge in [-0.3, -0.25) is 14.4 Å². The summed E-state index contributed by atoms with van der Waals surface area (Å²) in [5.74, 6) is -3.12. The Balaban J connectivity index is 2.04. The van der Waals surface area contributed by atoms with Gasteiger partial charge in [0.05, 0.1) is 17.2 Å². The van der Waals surface area contributed by atoms with Crippen molar-refractivity contribution in [2.75, 3.05) is 0 Å². The van der Waals surface area contributed by atoms with E-state index in [1.165, 1.54) is 12.1 Å². The van der Waals surface area contributed by atoms with Gasteiger partial charge in [0.1, 0.15) is 17.1 Å². The van der Waals surface area contributed by atoms with Crippen LogP contribution in [-0.4, -0.2) is 43.4 Å². The van der Waals surface area contributed by atoms with Crippen LogP contribution in [0.15, 0.2) is 24.3 Å². The highest BCUT2D eigenvalue weighted by molar-refractivity contribution is 6.30. The first-order valence-electron chi connectivity index (χ1n) is 8.38. The fourth-order valence-electron chi connectivity index (χ4n) is 3.98. The average Bonchev–Trinajstić information content (AvgIpc) is 2.62. The van der Waals surface area contributed by atoms with Crippen LogP contribution in [0.4, 0.5) is 0 Å². The molecule has 2 aromatic carbocycles. The lowest BCUT2D eigenvalue weighted by Gasteiger charge is -2.36. The summed E-state index contributed by atoms with van der Waals surface area (Å²) in [6.07, 6.45) is -2.26. The van der Waals surface area contributed by atoms with Crippen LogP contribution in [0, 0.1) is 0 Å². The molecule has 0 aliphatic heterocycles. The van der Waals surface area contributed by atoms with Gasteiger partial charge in [-0.2, -0.15) is 0 Å². The van der Waals surface area contributed by atoms with E-state index in [4.69, 9.17) is 0 Å². The Bertz CT molecular complexity index is 1050. The number of aliphatic hydroxyl groups is 2. The molecule has 7 nitrogen and oxygen atoms in total. The summed E-state index contributed by atoms with van der Waals surface area (Å²) in [7, 11) is 0. The van der Waals surface area contributed by atoms with Gasteiger partial charge in [0.2, 0.25) is 0 Å². The van der Waals surface area contributed by atoms with E-state index in [1.54, 1.807) is 12.1 Å². The van der Waals surface area contributed by atoms with Crippen LogP contribution < -0.4 is 0 Å². The molecule has 4 N–H and O–H groups in total. The Morgan fingerprint density at radius 3 is 2.07 bits per heavy atom. The Morgan fingerprint density at radius 1 is 1.04 bits per heavy atom. The third kappa shape index (κ3) is 2.19. The average molecular weight is 368 g/mol. The van der Waals surface area contributed by atoms with Crippen molar-refractivity contribution in [2.24, 2.45) is 0 Å². The van der Waals surface area contributed by atoms with Gasteiger partial charge in [-0.25, -0.2) is 0 Å². The highest BCUT2D eigenvalue weighted by Crippen LogP contribution is 2.50. The molecule has 2 atom stereocenters. The number of fused-ring (bicyclic) bond motifs is 3. The minimum atomic E-state index is -1.94. The van der Waals surface area contributed by atoms with E-state index in [1.807, 2.05) is 0 Å². The second kappa shape index (κ2) is 5.48. The van der Waals surface area contributed by atoms with Crippen molar-refractivity contribution >= 4 is 17.3 Å². The van der Waals surface area contributed by atoms with Crippen LogP contribution in [0.2, 0.25) is 0 Å². The zero-order chi connectivity index (χ0) is 19.7. The molecule has 27 heavy (non-hydrogen) atoms. The van der Waals surface area contributed by atoms with Crippen molar-refractivity contribution in [3.63, 3.8) is 0 Å². The summed E-state index contributed by atoms with van der Waals surface area (Å²) < 4.78 is 0. The standard InChI is InChI=1S/C20H16O7/c1-8(21)20(27)6-11-13(12(22)7-20)19(26)15-14(18(11)25)16(23)9-4-2-3-5-10(9)17(15)24/h2-5,12,22,25-27H,6-7H2,1H3/t12-,20+/m0/s1. The number of aromatic hydroxyl groups is 2. The summed E-state index contributed by atoms with van der Waals surface area (Å²) in [5, 5.41) is 42.3. The van der Waals surface area contributed by atoms with Crippen molar-refractivity contribution in [1.29, 1.82) is 0 Å². The van der Waals surface area contributed by atoms with Gasteiger partial charge >= 0.3 is 0 Å². The van der Waals surface area contributed by atoms with Crippen LogP contribution >= 0.6 is 0 Å². The lowest BCUT2D eigenvalue weighted by Crippen LogP contribution is -2.44. The molecule has 0 fully saturated rings. The number of rotatable bonds is 1. The van der Waals surface area contributed by atoms with Gasteiger partial charge in [-0.1, -0.05) is 24.3 Å². The largest absolute Gasteiger partial charge is 0.507 e. The van der Waals surface area contributed by atoms with Crippen LogP contribution in [0.1, 0.15) is 62.4 Å². The lowest BCUT2D eigenvalue weighted by atomic mass is 9.72. The third-order valence-corrected chi connectivity index (χ3v) is 5.45. The molecule has 0 unspecified atom stereocenters. The van der Waals surface area contributed by atoms with E-state index < -0.39 is 40.6 Å². The Morgan fingerprint density at radius 2 is 1.56 bits per heavy atom. The number of phenols is 2. The first kappa shape index (κ1) is 17.4. The van der Waals surface area contributed by atoms with E-state index in [0.29, 0.717) is 0 Å². The number of hydrogen-bond acceptors (Lipinski definition) is 7. The quantitative estimate of drug-likeness (QED) is 0.474. The molecule has 0 spiro atoms. The third-order valence-electron chi connectivity index (χ3n) is 5.45. The number of ketones is 3. The number of benzene rings is 2. The zero-order valence-corrected chi connectivity index (χ0v) is 14.3. The maximum absolute atomic E-state index is 12.9. The lowest BCUT2D eigenvalue weighted by molar-refractivity contribution is -0.139. The maximum atomic E-state index is 12.9. The summed E-state index contributed by atoms with van der Waals surface area (Å²) in [6, 6.07) is 6.03. The Hall–Kier alpha value is -3.03. The zero-order valence-electron chi connectivity index (χ0n) is 14.3. The number of carbonyl (C=O) groups is 3. The number of Topliss-reactive ketones (excluding diaryl/α,β-unsaturated/α-hetero) is 1. The van der Waals surface area contributed by atoms with Crippen molar-refractivity contribution < 1.29 is 34.8 Å². The number of aliphatic hydroxyl groups excluding tert-OH is 1. The van der Waals surface area contributed by atoms with Crippen LogP contribution in [0.3, 0.4) is 0 Å². The molecule has 4 rings (SSSR count). The second-order valence-electron chi connectivity index (χ2n) is 7.03. The van der Waals surface area contributed by atoms with E-state index in [-0.39, 0.29) is 46.2 Å². The predicted octanol–water partition coefficient (Wildman–Crippen LogP) is 1.17. The van der Waals surface area contributed by atoms with E-state index >= 15 is 0 Å². The molecule has 138 valence electrons. The summed E-state index contributed by atoms with van der Waals surface area (Å²) in [5.41, 5.74) is -2.76. The van der Waals surface area contributed by atoms with E-state index in [0.717, 1.165) is 6.92 Å².